The molecule has 2 heterocycles. The molecular weight excluding hydrogens is 430 g/mol. The second-order valence-electron chi connectivity index (χ2n) is 7.36. The summed E-state index contributed by atoms with van der Waals surface area (Å²) in [7, 11) is -3.97. The third-order valence-electron chi connectivity index (χ3n) is 5.37. The van der Waals surface area contributed by atoms with Crippen LogP contribution in [0.4, 0.5) is 5.69 Å². The first kappa shape index (κ1) is 20.1. The van der Waals surface area contributed by atoms with E-state index in [1.54, 1.807) is 48.5 Å². The number of anilines is 1. The zero-order chi connectivity index (χ0) is 22.3. The molecule has 162 valence electrons. The molecule has 0 saturated carbocycles. The number of fused-ring (bicyclic) bond motifs is 2. The number of rotatable bonds is 3. The van der Waals surface area contributed by atoms with Crippen LogP contribution in [0.3, 0.4) is 0 Å². The Kier molecular flexibility index (Phi) is 4.82. The molecule has 0 aliphatic carbocycles. The molecule has 0 saturated heterocycles. The van der Waals surface area contributed by atoms with Crippen molar-refractivity contribution in [3.05, 3.63) is 93.6 Å². The minimum atomic E-state index is -3.97. The Morgan fingerprint density at radius 2 is 1.69 bits per heavy atom. The summed E-state index contributed by atoms with van der Waals surface area (Å²) < 4.78 is 35.1. The quantitative estimate of drug-likeness (QED) is 0.518. The lowest BCUT2D eigenvalue weighted by molar-refractivity contribution is 0.322. The molecule has 0 spiro atoms. The number of para-hydroxylation sites is 3. The Labute approximate surface area is 183 Å². The number of sulfonamides is 1. The molecule has 32 heavy (non-hydrogen) atoms. The van der Waals surface area contributed by atoms with E-state index in [4.69, 9.17) is 4.74 Å². The summed E-state index contributed by atoms with van der Waals surface area (Å²) in [5.74, 6) is 0.493. The molecule has 0 amide bonds. The molecule has 1 N–H and O–H groups in total. The largest absolute Gasteiger partial charge is 0.491 e. The van der Waals surface area contributed by atoms with E-state index < -0.39 is 21.3 Å². The fourth-order valence-corrected chi connectivity index (χ4v) is 5.41. The Bertz CT molecular complexity index is 1560. The van der Waals surface area contributed by atoms with Crippen molar-refractivity contribution in [3.63, 3.8) is 0 Å². The second kappa shape index (κ2) is 7.69. The molecule has 0 fully saturated rings. The van der Waals surface area contributed by atoms with E-state index in [2.05, 4.69) is 4.98 Å². The average molecular weight is 449 g/mol. The van der Waals surface area contributed by atoms with Gasteiger partial charge in [-0.3, -0.25) is 9.10 Å². The normalized spacial score (nSPS) is 13.9. The van der Waals surface area contributed by atoms with Crippen molar-refractivity contribution < 1.29 is 13.2 Å². The minimum absolute atomic E-state index is 0.0221. The molecule has 0 bridgehead atoms. The summed E-state index contributed by atoms with van der Waals surface area (Å²) in [6.45, 7) is 0.658. The fraction of sp³-hybridized carbons (Fsp3) is 0.130. The Morgan fingerprint density at radius 1 is 0.906 bits per heavy atom. The monoisotopic (exact) mass is 449 g/mol. The van der Waals surface area contributed by atoms with Crippen LogP contribution in [0.1, 0.15) is 6.42 Å². The summed E-state index contributed by atoms with van der Waals surface area (Å²) in [4.78, 5) is 28.3. The van der Waals surface area contributed by atoms with Crippen molar-refractivity contribution in [3.8, 4) is 11.4 Å². The summed E-state index contributed by atoms with van der Waals surface area (Å²) >= 11 is 0. The maximum Gasteiger partial charge on any atom is 0.333 e. The number of H-pyrrole nitrogens is 1. The molecule has 8 nitrogen and oxygen atoms in total. The van der Waals surface area contributed by atoms with Crippen molar-refractivity contribution in [1.29, 1.82) is 0 Å². The predicted molar refractivity (Wildman–Crippen MR) is 121 cm³/mol. The Hall–Kier alpha value is -3.85. The van der Waals surface area contributed by atoms with Crippen molar-refractivity contribution in [1.82, 2.24) is 9.55 Å². The van der Waals surface area contributed by atoms with Crippen LogP contribution in [-0.4, -0.2) is 31.1 Å². The van der Waals surface area contributed by atoms with Gasteiger partial charge < -0.3 is 9.72 Å². The molecular formula is C23H19N3O5S. The molecule has 0 atom stereocenters. The highest BCUT2D eigenvalue weighted by Crippen LogP contribution is 2.34. The van der Waals surface area contributed by atoms with E-state index in [0.29, 0.717) is 35.4 Å². The van der Waals surface area contributed by atoms with Gasteiger partial charge in [-0.1, -0.05) is 30.3 Å². The van der Waals surface area contributed by atoms with Gasteiger partial charge in [0.1, 0.15) is 5.75 Å². The van der Waals surface area contributed by atoms with Gasteiger partial charge in [-0.2, -0.15) is 0 Å². The number of aromatic nitrogens is 2. The highest BCUT2D eigenvalue weighted by molar-refractivity contribution is 7.92. The maximum absolute atomic E-state index is 13.6. The number of nitrogens with zero attached hydrogens (tertiary/aromatic N) is 2. The van der Waals surface area contributed by atoms with Crippen molar-refractivity contribution in [2.45, 2.75) is 11.3 Å². The lowest BCUT2D eigenvalue weighted by Crippen LogP contribution is -2.34. The van der Waals surface area contributed by atoms with Crippen LogP contribution in [0.5, 0.6) is 5.75 Å². The number of nitrogens with one attached hydrogen (secondary N) is 1. The van der Waals surface area contributed by atoms with Crippen LogP contribution < -0.4 is 20.3 Å². The lowest BCUT2D eigenvalue weighted by Gasteiger charge is -2.23. The van der Waals surface area contributed by atoms with Gasteiger partial charge in [0.05, 0.1) is 33.8 Å². The van der Waals surface area contributed by atoms with E-state index >= 15 is 0 Å². The van der Waals surface area contributed by atoms with Gasteiger partial charge in [0.15, 0.2) is 0 Å². The van der Waals surface area contributed by atoms with Crippen LogP contribution in [-0.2, 0) is 10.0 Å². The van der Waals surface area contributed by atoms with E-state index in [1.807, 2.05) is 0 Å². The van der Waals surface area contributed by atoms with Crippen LogP contribution >= 0.6 is 0 Å². The zero-order valence-electron chi connectivity index (χ0n) is 16.9. The molecule has 1 aliphatic heterocycles. The maximum atomic E-state index is 13.6. The number of benzene rings is 3. The minimum Gasteiger partial charge on any atom is -0.491 e. The van der Waals surface area contributed by atoms with Gasteiger partial charge in [-0.05, 0) is 42.5 Å². The highest BCUT2D eigenvalue weighted by atomic mass is 32.2. The Balaban J connectivity index is 1.65. The van der Waals surface area contributed by atoms with E-state index in [0.717, 1.165) is 4.57 Å². The average Bonchev–Trinajstić information content (AvgIpc) is 3.02. The van der Waals surface area contributed by atoms with Gasteiger partial charge in [-0.25, -0.2) is 17.8 Å². The molecule has 4 aromatic rings. The molecule has 1 aliphatic rings. The predicted octanol–water partition coefficient (Wildman–Crippen LogP) is 2.66. The van der Waals surface area contributed by atoms with Gasteiger partial charge in [0.2, 0.25) is 0 Å². The Morgan fingerprint density at radius 3 is 2.56 bits per heavy atom. The molecule has 5 rings (SSSR count). The SMILES string of the molecule is O=c1[nH]c2ccccc2c(=O)n1-c1cccc(S(=O)(=O)N2CCCOc3ccccc32)c1. The van der Waals surface area contributed by atoms with Crippen LogP contribution in [0.25, 0.3) is 16.6 Å². The van der Waals surface area contributed by atoms with E-state index in [1.165, 1.54) is 28.6 Å². The van der Waals surface area contributed by atoms with Gasteiger partial charge in [0, 0.05) is 13.0 Å². The number of ether oxygens (including phenoxy) is 1. The number of aromatic amines is 1. The summed E-state index contributed by atoms with van der Waals surface area (Å²) in [6, 6.07) is 19.5. The van der Waals surface area contributed by atoms with Crippen LogP contribution in [0, 0.1) is 0 Å². The summed E-state index contributed by atoms with van der Waals surface area (Å²) in [5, 5.41) is 0.332. The van der Waals surface area contributed by atoms with Gasteiger partial charge in [0.25, 0.3) is 15.6 Å². The third kappa shape index (κ3) is 3.27. The van der Waals surface area contributed by atoms with Crippen molar-refractivity contribution in [2.24, 2.45) is 0 Å². The van der Waals surface area contributed by atoms with Gasteiger partial charge in [-0.15, -0.1) is 0 Å². The van der Waals surface area contributed by atoms with Crippen LogP contribution in [0.2, 0.25) is 0 Å². The molecule has 0 unspecified atom stereocenters. The number of hydrogen-bond donors (Lipinski definition) is 1. The molecule has 3 aromatic carbocycles. The van der Waals surface area contributed by atoms with E-state index in [9.17, 15) is 18.0 Å². The van der Waals surface area contributed by atoms with Crippen LogP contribution in [0.15, 0.2) is 87.3 Å². The van der Waals surface area contributed by atoms with E-state index in [-0.39, 0.29) is 17.1 Å². The second-order valence-corrected chi connectivity index (χ2v) is 9.22. The number of hydrogen-bond acceptors (Lipinski definition) is 5. The first-order valence-electron chi connectivity index (χ1n) is 10.1. The topological polar surface area (TPSA) is 101 Å². The first-order chi connectivity index (χ1) is 15.5. The summed E-state index contributed by atoms with van der Waals surface area (Å²) in [5.41, 5.74) is -0.119. The lowest BCUT2D eigenvalue weighted by atomic mass is 10.2. The highest BCUT2D eigenvalue weighted by Gasteiger charge is 2.29. The summed E-state index contributed by atoms with van der Waals surface area (Å²) in [6.07, 6.45) is 0.525. The molecule has 9 heteroatoms. The fourth-order valence-electron chi connectivity index (χ4n) is 3.85. The van der Waals surface area contributed by atoms with Gasteiger partial charge >= 0.3 is 5.69 Å². The van der Waals surface area contributed by atoms with Crippen molar-refractivity contribution in [2.75, 3.05) is 17.5 Å². The molecule has 0 radical (unpaired) electrons. The smallest absolute Gasteiger partial charge is 0.333 e. The first-order valence-corrected chi connectivity index (χ1v) is 11.5. The van der Waals surface area contributed by atoms with Crippen molar-refractivity contribution >= 4 is 26.6 Å². The zero-order valence-corrected chi connectivity index (χ0v) is 17.7. The molecule has 1 aromatic heterocycles. The standard InChI is InChI=1S/C23H19N3O5S/c27-22-18-9-1-2-10-19(18)24-23(28)26(22)16-7-5-8-17(15-16)32(29,30)25-13-6-14-31-21-12-4-3-11-20(21)25/h1-5,7-12,15H,6,13-14H2,(H,24,28). The third-order valence-corrected chi connectivity index (χ3v) is 7.18.